The summed E-state index contributed by atoms with van der Waals surface area (Å²) in [6.45, 7) is 0. The average molecular weight is 198 g/mol. The third kappa shape index (κ3) is 1.13. The molecular weight excluding hydrogens is 194 g/mol. The molecule has 2 aromatic rings. The highest BCUT2D eigenvalue weighted by Gasteiger charge is 2.10. The Morgan fingerprint density at radius 2 is 2.38 bits per heavy atom. The molecule has 66 valence electrons. The highest BCUT2D eigenvalue weighted by Crippen LogP contribution is 2.07. The lowest BCUT2D eigenvalue weighted by molar-refractivity contribution is 0.261. The van der Waals surface area contributed by atoms with Crippen LogP contribution in [0.3, 0.4) is 0 Å². The van der Waals surface area contributed by atoms with Gasteiger partial charge in [0.1, 0.15) is 0 Å². The van der Waals surface area contributed by atoms with E-state index in [1.54, 1.807) is 0 Å². The number of hydrogen-bond acceptors (Lipinski definition) is 3. The summed E-state index contributed by atoms with van der Waals surface area (Å²) >= 11 is 5.21. The molecule has 2 heterocycles. The van der Waals surface area contributed by atoms with Gasteiger partial charge in [-0.2, -0.15) is 0 Å². The predicted octanol–water partition coefficient (Wildman–Crippen LogP) is 0.931. The molecule has 2 rings (SSSR count). The summed E-state index contributed by atoms with van der Waals surface area (Å²) in [5.74, 6) is 0. The van der Waals surface area contributed by atoms with Crippen LogP contribution in [0.2, 0.25) is 0 Å². The Bertz CT molecular complexity index is 528. The first-order valence-electron chi connectivity index (χ1n) is 3.45. The molecule has 0 aliphatic rings. The molecule has 0 radical (unpaired) electrons. The summed E-state index contributed by atoms with van der Waals surface area (Å²) in [6, 6.07) is 1.54. The molecule has 0 aliphatic carbocycles. The number of halogens is 1. The van der Waals surface area contributed by atoms with E-state index >= 15 is 0 Å². The zero-order valence-corrected chi connectivity index (χ0v) is 7.08. The van der Waals surface area contributed by atoms with Gasteiger partial charge in [-0.05, 0) is 17.7 Å². The van der Waals surface area contributed by atoms with Crippen molar-refractivity contribution in [1.29, 1.82) is 0 Å². The van der Waals surface area contributed by atoms with Crippen molar-refractivity contribution in [3.63, 3.8) is 0 Å². The Labute approximate surface area is 77.0 Å². The van der Waals surface area contributed by atoms with Gasteiger partial charge < -0.3 is 4.98 Å². The molecule has 0 fully saturated rings. The number of carbonyl (C=O) groups excluding carboxylic acids is 1. The van der Waals surface area contributed by atoms with Gasteiger partial charge in [0.05, 0.1) is 17.2 Å². The quantitative estimate of drug-likeness (QED) is 0.639. The number of nitrogens with zero attached hydrogens (tertiary/aromatic N) is 2. The minimum atomic E-state index is -0.831. The lowest BCUT2D eigenvalue weighted by Crippen LogP contribution is -2.19. The fraction of sp³-hybridized carbons (Fsp3) is 0. The van der Waals surface area contributed by atoms with E-state index in [2.05, 4.69) is 9.97 Å². The molecule has 0 unspecified atom stereocenters. The van der Waals surface area contributed by atoms with Crippen molar-refractivity contribution >= 4 is 28.0 Å². The van der Waals surface area contributed by atoms with E-state index < -0.39 is 11.1 Å². The number of fused-ring (bicyclic) bond motifs is 1. The van der Waals surface area contributed by atoms with Gasteiger partial charge in [0, 0.05) is 6.20 Å². The Kier molecular flexibility index (Phi) is 1.66. The van der Waals surface area contributed by atoms with E-state index in [1.165, 1.54) is 18.5 Å². The van der Waals surface area contributed by atoms with Crippen molar-refractivity contribution in [2.24, 2.45) is 0 Å². The second-order valence-corrected chi connectivity index (χ2v) is 2.73. The number of nitrogens with one attached hydrogen (secondary N) is 1. The van der Waals surface area contributed by atoms with Crippen LogP contribution in [0.1, 0.15) is 0 Å². The first-order chi connectivity index (χ1) is 6.20. The lowest BCUT2D eigenvalue weighted by Gasteiger charge is -1.91. The maximum absolute atomic E-state index is 11.2. The van der Waals surface area contributed by atoms with Crippen LogP contribution in [-0.2, 0) is 0 Å². The number of hydrogen-bond donors (Lipinski definition) is 1. The van der Waals surface area contributed by atoms with E-state index in [4.69, 9.17) is 11.6 Å². The van der Waals surface area contributed by atoms with Crippen molar-refractivity contribution in [2.45, 2.75) is 0 Å². The number of pyridine rings is 1. The molecule has 6 heteroatoms. The van der Waals surface area contributed by atoms with Crippen LogP contribution in [-0.4, -0.2) is 19.9 Å². The molecule has 1 N–H and O–H groups in total. The van der Waals surface area contributed by atoms with Crippen molar-refractivity contribution in [3.05, 3.63) is 28.9 Å². The van der Waals surface area contributed by atoms with Crippen LogP contribution >= 0.6 is 11.6 Å². The fourth-order valence-corrected chi connectivity index (χ4v) is 1.30. The second-order valence-electron chi connectivity index (χ2n) is 2.41. The zero-order valence-electron chi connectivity index (χ0n) is 6.32. The number of carbonyl (C=O) groups is 1. The van der Waals surface area contributed by atoms with Crippen LogP contribution in [0.25, 0.3) is 11.0 Å². The molecule has 13 heavy (non-hydrogen) atoms. The van der Waals surface area contributed by atoms with Gasteiger partial charge in [0.2, 0.25) is 0 Å². The van der Waals surface area contributed by atoms with E-state index in [-0.39, 0.29) is 0 Å². The van der Waals surface area contributed by atoms with Gasteiger partial charge >= 0.3 is 11.1 Å². The number of aromatic nitrogens is 3. The molecule has 2 aromatic heterocycles. The van der Waals surface area contributed by atoms with Crippen molar-refractivity contribution in [3.8, 4) is 0 Å². The summed E-state index contributed by atoms with van der Waals surface area (Å²) in [5, 5.41) is -0.831. The first-order valence-corrected chi connectivity index (χ1v) is 3.82. The second kappa shape index (κ2) is 2.70. The molecule has 0 bridgehead atoms. The summed E-state index contributed by atoms with van der Waals surface area (Å²) in [5.41, 5.74) is 0.365. The van der Waals surface area contributed by atoms with E-state index in [0.29, 0.717) is 11.0 Å². The third-order valence-corrected chi connectivity index (χ3v) is 1.83. The Balaban J connectivity index is 2.95. The molecule has 0 spiro atoms. The summed E-state index contributed by atoms with van der Waals surface area (Å²) in [6.07, 6.45) is 2.93. The molecule has 5 nitrogen and oxygen atoms in total. The molecular formula is C7H4ClN3O2. The normalized spacial score (nSPS) is 10.5. The fourth-order valence-electron chi connectivity index (χ4n) is 1.13. The van der Waals surface area contributed by atoms with Gasteiger partial charge in [-0.15, -0.1) is 0 Å². The number of aromatic amines is 1. The molecule has 0 amide bonds. The predicted molar refractivity (Wildman–Crippen MR) is 47.0 cm³/mol. The smallest absolute Gasteiger partial charge is 0.304 e. The van der Waals surface area contributed by atoms with Crippen LogP contribution in [0.4, 0.5) is 4.79 Å². The summed E-state index contributed by atoms with van der Waals surface area (Å²) < 4.78 is 0.846. The number of imidazole rings is 1. The topological polar surface area (TPSA) is 67.8 Å². The Morgan fingerprint density at radius 3 is 3.08 bits per heavy atom. The zero-order chi connectivity index (χ0) is 9.42. The number of H-pyrrole nitrogens is 1. The van der Waals surface area contributed by atoms with Crippen LogP contribution < -0.4 is 5.69 Å². The minimum absolute atomic E-state index is 0.431. The highest BCUT2D eigenvalue weighted by atomic mass is 35.5. The van der Waals surface area contributed by atoms with E-state index in [1.807, 2.05) is 0 Å². The van der Waals surface area contributed by atoms with Crippen LogP contribution in [0.5, 0.6) is 0 Å². The third-order valence-electron chi connectivity index (χ3n) is 1.66. The lowest BCUT2D eigenvalue weighted by atomic mass is 10.4. The molecule has 0 saturated heterocycles. The van der Waals surface area contributed by atoms with E-state index in [0.717, 1.165) is 4.57 Å². The van der Waals surface area contributed by atoms with Crippen LogP contribution in [0, 0.1) is 0 Å². The maximum Gasteiger partial charge on any atom is 0.334 e. The summed E-state index contributed by atoms with van der Waals surface area (Å²) in [4.78, 5) is 28.2. The van der Waals surface area contributed by atoms with Gasteiger partial charge in [-0.1, -0.05) is 0 Å². The van der Waals surface area contributed by atoms with Crippen molar-refractivity contribution < 1.29 is 4.79 Å². The SMILES string of the molecule is O=C(Cl)n1c(=O)[nH]c2cnccc21. The maximum atomic E-state index is 11.2. The van der Waals surface area contributed by atoms with Crippen molar-refractivity contribution in [1.82, 2.24) is 14.5 Å². The highest BCUT2D eigenvalue weighted by molar-refractivity contribution is 6.63. The van der Waals surface area contributed by atoms with E-state index in [9.17, 15) is 9.59 Å². The molecule has 0 aromatic carbocycles. The monoisotopic (exact) mass is 197 g/mol. The molecule has 0 atom stereocenters. The van der Waals surface area contributed by atoms with Crippen molar-refractivity contribution in [2.75, 3.05) is 0 Å². The van der Waals surface area contributed by atoms with Crippen LogP contribution in [0.15, 0.2) is 23.3 Å². The largest absolute Gasteiger partial charge is 0.334 e. The van der Waals surface area contributed by atoms with Gasteiger partial charge in [0.15, 0.2) is 0 Å². The van der Waals surface area contributed by atoms with Gasteiger partial charge in [-0.25, -0.2) is 9.36 Å². The van der Waals surface area contributed by atoms with Gasteiger partial charge in [0.25, 0.3) is 0 Å². The number of rotatable bonds is 0. The Hall–Kier alpha value is -1.62. The standard InChI is InChI=1S/C7H4ClN3O2/c8-6(12)11-5-1-2-9-3-4(5)10-7(11)13/h1-3H,(H,10,13). The Morgan fingerprint density at radius 1 is 1.62 bits per heavy atom. The van der Waals surface area contributed by atoms with Gasteiger partial charge in [-0.3, -0.25) is 9.78 Å². The minimum Gasteiger partial charge on any atom is -0.304 e. The summed E-state index contributed by atoms with van der Waals surface area (Å²) in [7, 11) is 0. The molecule has 0 aliphatic heterocycles. The average Bonchev–Trinajstić information content (AvgIpc) is 2.39. The molecule has 0 saturated carbocycles. The first kappa shape index (κ1) is 8.00.